The van der Waals surface area contributed by atoms with E-state index < -0.39 is 0 Å². The first-order chi connectivity index (χ1) is 8.24. The Morgan fingerprint density at radius 2 is 2.41 bits per heavy atom. The maximum atomic E-state index is 12.4. The van der Waals surface area contributed by atoms with E-state index in [-0.39, 0.29) is 5.91 Å². The standard InChI is InChI=1S/C13H19NO2S/c1-10(11-5-6-11)14(7-8-16-2)13(15)12-4-3-9-17-12/h3-4,9-11H,5-8H2,1-2H3. The van der Waals surface area contributed by atoms with E-state index >= 15 is 0 Å². The molecule has 3 nitrogen and oxygen atoms in total. The minimum Gasteiger partial charge on any atom is -0.383 e. The minimum absolute atomic E-state index is 0.149. The van der Waals surface area contributed by atoms with Gasteiger partial charge in [0.05, 0.1) is 11.5 Å². The van der Waals surface area contributed by atoms with Gasteiger partial charge in [0.15, 0.2) is 0 Å². The van der Waals surface area contributed by atoms with Crippen LogP contribution >= 0.6 is 11.3 Å². The SMILES string of the molecule is COCCN(C(=O)c1cccs1)C(C)C1CC1. The van der Waals surface area contributed by atoms with Crippen LogP contribution in [0.1, 0.15) is 29.4 Å². The Labute approximate surface area is 106 Å². The van der Waals surface area contributed by atoms with Crippen molar-refractivity contribution in [2.24, 2.45) is 5.92 Å². The lowest BCUT2D eigenvalue weighted by Gasteiger charge is -2.28. The van der Waals surface area contributed by atoms with Gasteiger partial charge in [-0.3, -0.25) is 4.79 Å². The molecule has 0 N–H and O–H groups in total. The maximum absolute atomic E-state index is 12.4. The summed E-state index contributed by atoms with van der Waals surface area (Å²) in [6.07, 6.45) is 2.50. The first-order valence-corrected chi connectivity index (χ1v) is 6.95. The van der Waals surface area contributed by atoms with Crippen LogP contribution in [0.2, 0.25) is 0 Å². The van der Waals surface area contributed by atoms with E-state index in [0.717, 1.165) is 4.88 Å². The van der Waals surface area contributed by atoms with Gasteiger partial charge in [-0.15, -0.1) is 11.3 Å². The van der Waals surface area contributed by atoms with Crippen molar-refractivity contribution < 1.29 is 9.53 Å². The number of amides is 1. The molecule has 17 heavy (non-hydrogen) atoms. The molecular formula is C13H19NO2S. The number of thiophene rings is 1. The molecule has 1 aromatic rings. The molecule has 1 aliphatic carbocycles. The van der Waals surface area contributed by atoms with Crippen molar-refractivity contribution in [1.82, 2.24) is 4.90 Å². The normalized spacial score (nSPS) is 16.8. The Balaban J connectivity index is 2.05. The molecule has 1 aliphatic rings. The highest BCUT2D eigenvalue weighted by Crippen LogP contribution is 2.35. The topological polar surface area (TPSA) is 29.5 Å². The van der Waals surface area contributed by atoms with Crippen molar-refractivity contribution in [3.63, 3.8) is 0 Å². The van der Waals surface area contributed by atoms with Crippen molar-refractivity contribution >= 4 is 17.2 Å². The van der Waals surface area contributed by atoms with Gasteiger partial charge in [-0.25, -0.2) is 0 Å². The zero-order valence-corrected chi connectivity index (χ0v) is 11.2. The predicted molar refractivity (Wildman–Crippen MR) is 69.4 cm³/mol. The average Bonchev–Trinajstić information content (AvgIpc) is 3.04. The summed E-state index contributed by atoms with van der Waals surface area (Å²) in [6, 6.07) is 4.15. The summed E-state index contributed by atoms with van der Waals surface area (Å²) in [7, 11) is 1.68. The van der Waals surface area contributed by atoms with Crippen molar-refractivity contribution in [3.8, 4) is 0 Å². The molecule has 1 aromatic heterocycles. The fourth-order valence-electron chi connectivity index (χ4n) is 2.05. The Morgan fingerprint density at radius 1 is 1.65 bits per heavy atom. The lowest BCUT2D eigenvalue weighted by molar-refractivity contribution is 0.0599. The van der Waals surface area contributed by atoms with Crippen molar-refractivity contribution in [3.05, 3.63) is 22.4 Å². The molecule has 1 heterocycles. The molecule has 4 heteroatoms. The van der Waals surface area contributed by atoms with E-state index in [9.17, 15) is 4.79 Å². The number of carbonyl (C=O) groups is 1. The third-order valence-electron chi connectivity index (χ3n) is 3.32. The molecular weight excluding hydrogens is 234 g/mol. The second-order valence-corrected chi connectivity index (χ2v) is 5.49. The van der Waals surface area contributed by atoms with E-state index in [0.29, 0.717) is 25.1 Å². The number of methoxy groups -OCH3 is 1. The van der Waals surface area contributed by atoms with Crippen molar-refractivity contribution in [2.45, 2.75) is 25.8 Å². The number of carbonyl (C=O) groups excluding carboxylic acids is 1. The quantitative estimate of drug-likeness (QED) is 0.780. The van der Waals surface area contributed by atoms with Crippen LogP contribution in [0.3, 0.4) is 0 Å². The Kier molecular flexibility index (Phi) is 4.18. The lowest BCUT2D eigenvalue weighted by Crippen LogP contribution is -2.41. The number of rotatable bonds is 6. The fourth-order valence-corrected chi connectivity index (χ4v) is 2.73. The Morgan fingerprint density at radius 3 is 2.94 bits per heavy atom. The molecule has 0 radical (unpaired) electrons. The van der Waals surface area contributed by atoms with Gasteiger partial charge in [0.2, 0.25) is 0 Å². The summed E-state index contributed by atoms with van der Waals surface area (Å²) in [5.41, 5.74) is 0. The molecule has 0 saturated heterocycles. The molecule has 1 unspecified atom stereocenters. The van der Waals surface area contributed by atoms with Crippen LogP contribution in [-0.4, -0.2) is 37.1 Å². The van der Waals surface area contributed by atoms with Gasteiger partial charge in [0.25, 0.3) is 5.91 Å². The van der Waals surface area contributed by atoms with Crippen LogP contribution in [0.4, 0.5) is 0 Å². The van der Waals surface area contributed by atoms with Crippen LogP contribution in [0.25, 0.3) is 0 Å². The van der Waals surface area contributed by atoms with Crippen LogP contribution in [0.15, 0.2) is 17.5 Å². The molecule has 0 aliphatic heterocycles. The molecule has 1 saturated carbocycles. The highest BCUT2D eigenvalue weighted by atomic mass is 32.1. The van der Waals surface area contributed by atoms with Gasteiger partial charge in [-0.1, -0.05) is 6.07 Å². The van der Waals surface area contributed by atoms with Crippen LogP contribution < -0.4 is 0 Å². The molecule has 0 aromatic carbocycles. The molecule has 0 spiro atoms. The van der Waals surface area contributed by atoms with Gasteiger partial charge in [-0.05, 0) is 37.1 Å². The molecule has 1 atom stereocenters. The molecule has 1 fully saturated rings. The van der Waals surface area contributed by atoms with E-state index in [1.807, 2.05) is 22.4 Å². The van der Waals surface area contributed by atoms with E-state index in [1.54, 1.807) is 7.11 Å². The maximum Gasteiger partial charge on any atom is 0.264 e. The number of hydrogen-bond acceptors (Lipinski definition) is 3. The monoisotopic (exact) mass is 253 g/mol. The summed E-state index contributed by atoms with van der Waals surface area (Å²) >= 11 is 1.51. The first-order valence-electron chi connectivity index (χ1n) is 6.07. The van der Waals surface area contributed by atoms with Gasteiger partial charge in [0, 0.05) is 19.7 Å². The number of hydrogen-bond donors (Lipinski definition) is 0. The third kappa shape index (κ3) is 3.07. The summed E-state index contributed by atoms with van der Waals surface area (Å²) in [5, 5.41) is 1.95. The smallest absolute Gasteiger partial charge is 0.264 e. The lowest BCUT2D eigenvalue weighted by atomic mass is 10.1. The highest BCUT2D eigenvalue weighted by Gasteiger charge is 2.34. The summed E-state index contributed by atoms with van der Waals surface area (Å²) in [5.74, 6) is 0.840. The molecule has 94 valence electrons. The van der Waals surface area contributed by atoms with Gasteiger partial charge >= 0.3 is 0 Å². The second kappa shape index (κ2) is 5.65. The second-order valence-electron chi connectivity index (χ2n) is 4.55. The average molecular weight is 253 g/mol. The molecule has 2 rings (SSSR count). The summed E-state index contributed by atoms with van der Waals surface area (Å²) in [6.45, 7) is 3.44. The van der Waals surface area contributed by atoms with Crippen molar-refractivity contribution in [2.75, 3.05) is 20.3 Å². The van der Waals surface area contributed by atoms with Gasteiger partial charge < -0.3 is 9.64 Å². The number of nitrogens with zero attached hydrogens (tertiary/aromatic N) is 1. The Hall–Kier alpha value is -0.870. The third-order valence-corrected chi connectivity index (χ3v) is 4.18. The minimum atomic E-state index is 0.149. The zero-order chi connectivity index (χ0) is 12.3. The molecule has 0 bridgehead atoms. The summed E-state index contributed by atoms with van der Waals surface area (Å²) in [4.78, 5) is 15.2. The van der Waals surface area contributed by atoms with Gasteiger partial charge in [-0.2, -0.15) is 0 Å². The van der Waals surface area contributed by atoms with Crippen LogP contribution in [0.5, 0.6) is 0 Å². The zero-order valence-electron chi connectivity index (χ0n) is 10.4. The summed E-state index contributed by atoms with van der Waals surface area (Å²) < 4.78 is 5.10. The highest BCUT2D eigenvalue weighted by molar-refractivity contribution is 7.12. The van der Waals surface area contributed by atoms with E-state index in [1.165, 1.54) is 24.2 Å². The predicted octanol–water partition coefficient (Wildman–Crippen LogP) is 2.64. The van der Waals surface area contributed by atoms with Gasteiger partial charge in [0.1, 0.15) is 0 Å². The van der Waals surface area contributed by atoms with Crippen molar-refractivity contribution in [1.29, 1.82) is 0 Å². The molecule has 1 amide bonds. The van der Waals surface area contributed by atoms with E-state index in [2.05, 4.69) is 6.92 Å². The largest absolute Gasteiger partial charge is 0.383 e. The Bertz CT molecular complexity index is 360. The number of ether oxygens (including phenoxy) is 1. The first kappa shape index (κ1) is 12.6. The fraction of sp³-hybridized carbons (Fsp3) is 0.615. The van der Waals surface area contributed by atoms with Crippen LogP contribution in [0, 0.1) is 5.92 Å². The van der Waals surface area contributed by atoms with E-state index in [4.69, 9.17) is 4.74 Å². The van der Waals surface area contributed by atoms with Crippen LogP contribution in [-0.2, 0) is 4.74 Å².